The summed E-state index contributed by atoms with van der Waals surface area (Å²) in [5, 5.41) is 13.4. The molecule has 1 N–H and O–H groups in total. The van der Waals surface area contributed by atoms with Crippen LogP contribution in [0, 0.1) is 10.7 Å². The number of carbonyl (C=O) groups is 1. The van der Waals surface area contributed by atoms with Crippen LogP contribution in [0.3, 0.4) is 0 Å². The van der Waals surface area contributed by atoms with Gasteiger partial charge in [0.05, 0.1) is 20.1 Å². The molecule has 0 fully saturated rings. The van der Waals surface area contributed by atoms with Gasteiger partial charge < -0.3 is 14.8 Å². The SMILES string of the molecule is COc1ccccc1OCCC(=O)Nc1ccc(SC#N)cc1. The quantitative estimate of drug-likeness (QED) is 0.620. The molecule has 0 saturated heterocycles. The Balaban J connectivity index is 1.80. The first-order valence-corrected chi connectivity index (χ1v) is 7.76. The van der Waals surface area contributed by atoms with Crippen molar-refractivity contribution in [2.45, 2.75) is 11.3 Å². The summed E-state index contributed by atoms with van der Waals surface area (Å²) in [5.41, 5.74) is 0.689. The van der Waals surface area contributed by atoms with Crippen molar-refractivity contribution < 1.29 is 14.3 Å². The number of nitrogens with zero attached hydrogens (tertiary/aromatic N) is 1. The van der Waals surface area contributed by atoms with Gasteiger partial charge in [-0.3, -0.25) is 4.79 Å². The maximum Gasteiger partial charge on any atom is 0.227 e. The molecule has 0 bridgehead atoms. The number of thiocyanates is 1. The normalized spacial score (nSPS) is 9.74. The van der Waals surface area contributed by atoms with Gasteiger partial charge in [-0.25, -0.2) is 0 Å². The number of carbonyl (C=O) groups excluding carboxylic acids is 1. The first-order chi connectivity index (χ1) is 11.2. The molecule has 0 unspecified atom stereocenters. The summed E-state index contributed by atoms with van der Waals surface area (Å²) >= 11 is 1.08. The highest BCUT2D eigenvalue weighted by Gasteiger charge is 2.06. The van der Waals surface area contributed by atoms with Gasteiger partial charge in [-0.05, 0) is 48.2 Å². The first kappa shape index (κ1) is 16.7. The standard InChI is InChI=1S/C17H16N2O3S/c1-21-15-4-2-3-5-16(15)22-11-10-17(20)19-13-6-8-14(9-7-13)23-12-18/h2-9H,10-11H2,1H3,(H,19,20). The monoisotopic (exact) mass is 328 g/mol. The molecular formula is C17H16N2O3S. The maximum atomic E-state index is 11.9. The molecule has 2 aromatic carbocycles. The molecule has 0 heterocycles. The van der Waals surface area contributed by atoms with Gasteiger partial charge in [0.25, 0.3) is 0 Å². The predicted molar refractivity (Wildman–Crippen MR) is 89.6 cm³/mol. The molecule has 0 spiro atoms. The lowest BCUT2D eigenvalue weighted by molar-refractivity contribution is -0.116. The molecule has 1 amide bonds. The molecule has 0 radical (unpaired) electrons. The summed E-state index contributed by atoms with van der Waals surface area (Å²) in [5.74, 6) is 1.11. The number of nitrogens with one attached hydrogen (secondary N) is 1. The second-order valence-electron chi connectivity index (χ2n) is 4.52. The van der Waals surface area contributed by atoms with Crippen LogP contribution in [0.1, 0.15) is 6.42 Å². The van der Waals surface area contributed by atoms with Crippen LogP contribution in [0.4, 0.5) is 5.69 Å². The van der Waals surface area contributed by atoms with Gasteiger partial charge in [0.1, 0.15) is 5.40 Å². The van der Waals surface area contributed by atoms with Crippen molar-refractivity contribution in [1.82, 2.24) is 0 Å². The van der Waals surface area contributed by atoms with E-state index in [4.69, 9.17) is 14.7 Å². The van der Waals surface area contributed by atoms with E-state index in [0.29, 0.717) is 17.2 Å². The zero-order chi connectivity index (χ0) is 16.5. The highest BCUT2D eigenvalue weighted by Crippen LogP contribution is 2.25. The lowest BCUT2D eigenvalue weighted by Crippen LogP contribution is -2.15. The molecule has 2 aromatic rings. The minimum atomic E-state index is -0.138. The topological polar surface area (TPSA) is 71.3 Å². The fraction of sp³-hybridized carbons (Fsp3) is 0.176. The Bertz CT molecular complexity index is 696. The first-order valence-electron chi connectivity index (χ1n) is 6.94. The van der Waals surface area contributed by atoms with Crippen LogP contribution in [-0.4, -0.2) is 19.6 Å². The van der Waals surface area contributed by atoms with Gasteiger partial charge in [0.15, 0.2) is 11.5 Å². The van der Waals surface area contributed by atoms with Crippen molar-refractivity contribution in [1.29, 1.82) is 5.26 Å². The lowest BCUT2D eigenvalue weighted by Gasteiger charge is -2.10. The van der Waals surface area contributed by atoms with Crippen LogP contribution in [0.5, 0.6) is 11.5 Å². The largest absolute Gasteiger partial charge is 0.493 e. The minimum Gasteiger partial charge on any atom is -0.493 e. The molecule has 2 rings (SSSR count). The number of methoxy groups -OCH3 is 1. The van der Waals surface area contributed by atoms with Gasteiger partial charge >= 0.3 is 0 Å². The van der Waals surface area contributed by atoms with Crippen LogP contribution >= 0.6 is 11.8 Å². The number of hydrogen-bond donors (Lipinski definition) is 1. The van der Waals surface area contributed by atoms with Gasteiger partial charge in [-0.15, -0.1) is 0 Å². The van der Waals surface area contributed by atoms with Crippen LogP contribution in [0.15, 0.2) is 53.4 Å². The Morgan fingerprint density at radius 2 is 1.87 bits per heavy atom. The number of hydrogen-bond acceptors (Lipinski definition) is 5. The second-order valence-corrected chi connectivity index (χ2v) is 5.37. The minimum absolute atomic E-state index is 0.138. The predicted octanol–water partition coefficient (Wildman–Crippen LogP) is 3.68. The third kappa shape index (κ3) is 5.24. The van der Waals surface area contributed by atoms with E-state index in [1.54, 1.807) is 43.5 Å². The molecule has 0 aliphatic heterocycles. The Morgan fingerprint density at radius 3 is 2.52 bits per heavy atom. The summed E-state index contributed by atoms with van der Waals surface area (Å²) in [6.07, 6.45) is 0.229. The smallest absolute Gasteiger partial charge is 0.227 e. The van der Waals surface area contributed by atoms with E-state index in [-0.39, 0.29) is 18.9 Å². The Morgan fingerprint density at radius 1 is 1.17 bits per heavy atom. The molecule has 118 valence electrons. The molecule has 0 aliphatic carbocycles. The summed E-state index contributed by atoms with van der Waals surface area (Å²) < 4.78 is 10.7. The zero-order valence-corrected chi connectivity index (χ0v) is 13.4. The van der Waals surface area contributed by atoms with E-state index in [1.807, 2.05) is 17.5 Å². The van der Waals surface area contributed by atoms with Gasteiger partial charge in [-0.1, -0.05) is 12.1 Å². The van der Waals surface area contributed by atoms with E-state index in [2.05, 4.69) is 5.32 Å². The zero-order valence-electron chi connectivity index (χ0n) is 12.6. The number of para-hydroxylation sites is 2. The molecule has 0 aliphatic rings. The Hall–Kier alpha value is -2.65. The average molecular weight is 328 g/mol. The van der Waals surface area contributed by atoms with Gasteiger partial charge in [0, 0.05) is 10.6 Å². The van der Waals surface area contributed by atoms with Crippen molar-refractivity contribution in [2.24, 2.45) is 0 Å². The highest BCUT2D eigenvalue weighted by molar-refractivity contribution is 8.03. The number of thioether (sulfide) groups is 1. The fourth-order valence-electron chi connectivity index (χ4n) is 1.87. The Kier molecular flexibility index (Phi) is 6.33. The summed E-state index contributed by atoms with van der Waals surface area (Å²) in [4.78, 5) is 12.7. The number of amides is 1. The molecule has 23 heavy (non-hydrogen) atoms. The average Bonchev–Trinajstić information content (AvgIpc) is 2.57. The third-order valence-corrected chi connectivity index (χ3v) is 3.56. The van der Waals surface area contributed by atoms with E-state index < -0.39 is 0 Å². The molecule has 5 nitrogen and oxygen atoms in total. The lowest BCUT2D eigenvalue weighted by atomic mass is 10.3. The van der Waals surface area contributed by atoms with E-state index >= 15 is 0 Å². The van der Waals surface area contributed by atoms with E-state index in [9.17, 15) is 4.79 Å². The number of ether oxygens (including phenoxy) is 2. The summed E-state index contributed by atoms with van der Waals surface area (Å²) in [7, 11) is 1.57. The fourth-order valence-corrected chi connectivity index (χ4v) is 2.25. The van der Waals surface area contributed by atoms with Crippen molar-refractivity contribution in [3.8, 4) is 16.9 Å². The molecular weight excluding hydrogens is 312 g/mol. The second kappa shape index (κ2) is 8.71. The van der Waals surface area contributed by atoms with Crippen LogP contribution in [0.2, 0.25) is 0 Å². The van der Waals surface area contributed by atoms with Crippen molar-refractivity contribution in [3.05, 3.63) is 48.5 Å². The van der Waals surface area contributed by atoms with Gasteiger partial charge in [-0.2, -0.15) is 5.26 Å². The molecule has 0 aromatic heterocycles. The number of benzene rings is 2. The third-order valence-electron chi connectivity index (χ3n) is 2.96. The maximum absolute atomic E-state index is 11.9. The van der Waals surface area contributed by atoms with Crippen molar-refractivity contribution in [3.63, 3.8) is 0 Å². The molecule has 0 atom stereocenters. The van der Waals surface area contributed by atoms with Crippen molar-refractivity contribution in [2.75, 3.05) is 19.0 Å². The van der Waals surface area contributed by atoms with E-state index in [0.717, 1.165) is 16.7 Å². The number of nitriles is 1. The number of rotatable bonds is 7. The molecule has 0 saturated carbocycles. The highest BCUT2D eigenvalue weighted by atomic mass is 32.2. The van der Waals surface area contributed by atoms with Crippen LogP contribution < -0.4 is 14.8 Å². The van der Waals surface area contributed by atoms with Gasteiger partial charge in [0.2, 0.25) is 5.91 Å². The van der Waals surface area contributed by atoms with Crippen molar-refractivity contribution >= 4 is 23.4 Å². The summed E-state index contributed by atoms with van der Waals surface area (Å²) in [6.45, 7) is 0.259. The van der Waals surface area contributed by atoms with E-state index in [1.165, 1.54) is 0 Å². The number of anilines is 1. The summed E-state index contributed by atoms with van der Waals surface area (Å²) in [6, 6.07) is 14.4. The molecule has 6 heteroatoms. The van der Waals surface area contributed by atoms with Crippen LogP contribution in [0.25, 0.3) is 0 Å². The van der Waals surface area contributed by atoms with Crippen LogP contribution in [-0.2, 0) is 4.79 Å². The Labute approximate surface area is 139 Å².